The molecule has 2 aliphatic rings. The Morgan fingerprint density at radius 1 is 1.27 bits per heavy atom. The summed E-state index contributed by atoms with van der Waals surface area (Å²) in [4.78, 5) is 23.2. The van der Waals surface area contributed by atoms with Gasteiger partial charge < -0.3 is 14.6 Å². The molecule has 0 spiro atoms. The lowest BCUT2D eigenvalue weighted by Crippen LogP contribution is -2.43. The van der Waals surface area contributed by atoms with Crippen LogP contribution in [0.1, 0.15) is 86.5 Å². The number of carbonyl (C=O) groups excluding carboxylic acids is 2. The molecular formula is C25H42O5. The Morgan fingerprint density at radius 3 is 2.60 bits per heavy atom. The van der Waals surface area contributed by atoms with Crippen molar-refractivity contribution in [3.05, 3.63) is 11.6 Å². The van der Waals surface area contributed by atoms with E-state index in [2.05, 4.69) is 40.7 Å². The van der Waals surface area contributed by atoms with Crippen LogP contribution in [0.2, 0.25) is 0 Å². The van der Waals surface area contributed by atoms with Crippen molar-refractivity contribution in [2.24, 2.45) is 28.6 Å². The molecule has 30 heavy (non-hydrogen) atoms. The molecule has 0 aromatic carbocycles. The number of fused-ring (bicyclic) bond motifs is 1. The van der Waals surface area contributed by atoms with Crippen LogP contribution in [0.5, 0.6) is 0 Å². The average Bonchev–Trinajstić information content (AvgIpc) is 2.66. The zero-order valence-corrected chi connectivity index (χ0v) is 19.8. The molecule has 0 unspecified atom stereocenters. The van der Waals surface area contributed by atoms with Crippen molar-refractivity contribution in [2.75, 3.05) is 13.2 Å². The Labute approximate surface area is 182 Å². The van der Waals surface area contributed by atoms with Crippen molar-refractivity contribution in [1.82, 2.24) is 0 Å². The van der Waals surface area contributed by atoms with Gasteiger partial charge in [-0.2, -0.15) is 0 Å². The van der Waals surface area contributed by atoms with Crippen LogP contribution in [-0.4, -0.2) is 36.4 Å². The van der Waals surface area contributed by atoms with Crippen LogP contribution in [-0.2, 0) is 19.1 Å². The average molecular weight is 423 g/mol. The van der Waals surface area contributed by atoms with Crippen molar-refractivity contribution in [1.29, 1.82) is 0 Å². The van der Waals surface area contributed by atoms with Crippen LogP contribution in [0, 0.1) is 28.6 Å². The Balaban J connectivity index is 1.89. The van der Waals surface area contributed by atoms with Gasteiger partial charge in [0.25, 0.3) is 0 Å². The smallest absolute Gasteiger partial charge is 0.306 e. The fourth-order valence-electron chi connectivity index (χ4n) is 5.46. The first-order valence-electron chi connectivity index (χ1n) is 11.6. The van der Waals surface area contributed by atoms with E-state index in [1.165, 1.54) is 32.6 Å². The van der Waals surface area contributed by atoms with Gasteiger partial charge in [-0.3, -0.25) is 9.59 Å². The fraction of sp³-hybridized carbons (Fsp3) is 0.840. The number of carbonyl (C=O) groups is 2. The number of esters is 2. The van der Waals surface area contributed by atoms with E-state index in [0.29, 0.717) is 23.7 Å². The van der Waals surface area contributed by atoms with Gasteiger partial charge >= 0.3 is 11.9 Å². The van der Waals surface area contributed by atoms with Crippen LogP contribution in [0.3, 0.4) is 0 Å². The minimum atomic E-state index is -0.790. The quantitative estimate of drug-likeness (QED) is 0.415. The normalized spacial score (nSPS) is 29.9. The van der Waals surface area contributed by atoms with Crippen molar-refractivity contribution < 1.29 is 24.2 Å². The summed E-state index contributed by atoms with van der Waals surface area (Å²) in [5, 5.41) is 9.21. The lowest BCUT2D eigenvalue weighted by Gasteiger charge is -2.53. The first kappa shape index (κ1) is 24.9. The number of hydrogen-bond acceptors (Lipinski definition) is 5. The second-order valence-electron chi connectivity index (χ2n) is 10.6. The van der Waals surface area contributed by atoms with Gasteiger partial charge in [-0.15, -0.1) is 0 Å². The second kappa shape index (κ2) is 10.3. The summed E-state index contributed by atoms with van der Waals surface area (Å²) in [6.07, 6.45) is 9.17. The maximum atomic E-state index is 12.2. The molecular weight excluding hydrogens is 380 g/mol. The molecule has 0 radical (unpaired) electrons. The minimum Gasteiger partial charge on any atom is -0.462 e. The monoisotopic (exact) mass is 422 g/mol. The number of allylic oxidation sites excluding steroid dienone is 2. The first-order chi connectivity index (χ1) is 14.0. The second-order valence-corrected chi connectivity index (χ2v) is 10.6. The third-order valence-corrected chi connectivity index (χ3v) is 7.75. The summed E-state index contributed by atoms with van der Waals surface area (Å²) in [6.45, 7) is 12.6. The predicted molar refractivity (Wildman–Crippen MR) is 118 cm³/mol. The standard InChI is InChI=1S/C25H42O5/c1-17(14-23(28)29-16-20(15-26)30-19(3)27)11-13-25(6)18(2)9-10-21-22(25)8-7-12-24(21,4)5/h8,17-18,20-21,26H,7,9-16H2,1-6H3/t17-,18-,20+,21-,25-/m1/s1. The highest BCUT2D eigenvalue weighted by Gasteiger charge is 2.47. The van der Waals surface area contributed by atoms with Gasteiger partial charge in [-0.05, 0) is 67.1 Å². The van der Waals surface area contributed by atoms with Crippen LogP contribution < -0.4 is 0 Å². The molecule has 2 aliphatic carbocycles. The van der Waals surface area contributed by atoms with Gasteiger partial charge in [0.15, 0.2) is 6.10 Å². The van der Waals surface area contributed by atoms with Crippen molar-refractivity contribution >= 4 is 11.9 Å². The molecule has 172 valence electrons. The predicted octanol–water partition coefficient (Wildman–Crippen LogP) is 5.06. The van der Waals surface area contributed by atoms with Gasteiger partial charge in [0.05, 0.1) is 6.61 Å². The fourth-order valence-corrected chi connectivity index (χ4v) is 5.46. The van der Waals surface area contributed by atoms with E-state index in [-0.39, 0.29) is 30.5 Å². The van der Waals surface area contributed by atoms with E-state index < -0.39 is 12.1 Å². The van der Waals surface area contributed by atoms with Crippen molar-refractivity contribution in [2.45, 2.75) is 92.6 Å². The number of hydrogen-bond donors (Lipinski definition) is 1. The molecule has 0 heterocycles. The largest absolute Gasteiger partial charge is 0.462 e. The Morgan fingerprint density at radius 2 is 1.97 bits per heavy atom. The molecule has 1 saturated carbocycles. The Bertz CT molecular complexity index is 637. The van der Waals surface area contributed by atoms with Crippen LogP contribution >= 0.6 is 0 Å². The summed E-state index contributed by atoms with van der Waals surface area (Å²) in [5.74, 6) is 0.768. The summed E-state index contributed by atoms with van der Waals surface area (Å²) in [5.41, 5.74) is 2.25. The third kappa shape index (κ3) is 6.09. The molecule has 1 N–H and O–H groups in total. The molecule has 0 aliphatic heterocycles. The molecule has 0 amide bonds. The SMILES string of the molecule is CC(=O)O[C@@H](CO)COC(=O)C[C@H](C)CC[C@@]1(C)C2=CCCC(C)(C)[C@@H]2CC[C@H]1C. The maximum absolute atomic E-state index is 12.2. The minimum absolute atomic E-state index is 0.0972. The molecule has 5 atom stereocenters. The number of aliphatic hydroxyl groups excluding tert-OH is 1. The van der Waals surface area contributed by atoms with Gasteiger partial charge in [-0.1, -0.05) is 46.3 Å². The van der Waals surface area contributed by atoms with E-state index in [1.807, 2.05) is 0 Å². The Kier molecular flexibility index (Phi) is 8.55. The van der Waals surface area contributed by atoms with Crippen molar-refractivity contribution in [3.63, 3.8) is 0 Å². The molecule has 1 fully saturated rings. The summed E-state index contributed by atoms with van der Waals surface area (Å²) in [6, 6.07) is 0. The lowest BCUT2D eigenvalue weighted by atomic mass is 9.52. The molecule has 5 heteroatoms. The molecule has 0 aromatic heterocycles. The van der Waals surface area contributed by atoms with E-state index in [9.17, 15) is 14.7 Å². The number of ether oxygens (including phenoxy) is 2. The van der Waals surface area contributed by atoms with Gasteiger partial charge in [-0.25, -0.2) is 0 Å². The third-order valence-electron chi connectivity index (χ3n) is 7.75. The van der Waals surface area contributed by atoms with E-state index in [1.54, 1.807) is 5.57 Å². The lowest BCUT2D eigenvalue weighted by molar-refractivity contribution is -0.160. The van der Waals surface area contributed by atoms with Crippen LogP contribution in [0.15, 0.2) is 11.6 Å². The Hall–Kier alpha value is -1.36. The van der Waals surface area contributed by atoms with Gasteiger partial charge in [0, 0.05) is 13.3 Å². The molecule has 0 saturated heterocycles. The molecule has 2 rings (SSSR count). The van der Waals surface area contributed by atoms with Crippen molar-refractivity contribution in [3.8, 4) is 0 Å². The molecule has 0 aromatic rings. The van der Waals surface area contributed by atoms with E-state index in [0.717, 1.165) is 12.8 Å². The summed E-state index contributed by atoms with van der Waals surface area (Å²) >= 11 is 0. The molecule has 5 nitrogen and oxygen atoms in total. The summed E-state index contributed by atoms with van der Waals surface area (Å²) in [7, 11) is 0. The van der Waals surface area contributed by atoms with Crippen LogP contribution in [0.25, 0.3) is 0 Å². The first-order valence-corrected chi connectivity index (χ1v) is 11.6. The highest BCUT2D eigenvalue weighted by Crippen LogP contribution is 2.58. The summed E-state index contributed by atoms with van der Waals surface area (Å²) < 4.78 is 10.1. The maximum Gasteiger partial charge on any atom is 0.306 e. The topological polar surface area (TPSA) is 72.8 Å². The number of aliphatic hydroxyl groups is 1. The highest BCUT2D eigenvalue weighted by atomic mass is 16.6. The van der Waals surface area contributed by atoms with E-state index >= 15 is 0 Å². The van der Waals surface area contributed by atoms with Crippen LogP contribution in [0.4, 0.5) is 0 Å². The zero-order valence-electron chi connectivity index (χ0n) is 19.8. The van der Waals surface area contributed by atoms with Gasteiger partial charge in [0.2, 0.25) is 0 Å². The molecule has 0 bridgehead atoms. The van der Waals surface area contributed by atoms with Gasteiger partial charge in [0.1, 0.15) is 6.61 Å². The van der Waals surface area contributed by atoms with E-state index in [4.69, 9.17) is 9.47 Å². The highest BCUT2D eigenvalue weighted by molar-refractivity contribution is 5.69. The zero-order chi connectivity index (χ0) is 22.5. The number of rotatable bonds is 9.